The maximum absolute atomic E-state index is 11.7. The molecule has 1 heterocycles. The van der Waals surface area contributed by atoms with Crippen LogP contribution in [0.2, 0.25) is 0 Å². The SMILES string of the molecule is CC(NC(=O)N[C@@H](C(=O)O)C(C)C)c1ccccn1. The second kappa shape index (κ2) is 6.72. The van der Waals surface area contributed by atoms with Gasteiger partial charge in [0, 0.05) is 6.20 Å². The van der Waals surface area contributed by atoms with E-state index in [1.165, 1.54) is 0 Å². The summed E-state index contributed by atoms with van der Waals surface area (Å²) in [6.45, 7) is 5.26. The number of hydrogen-bond acceptors (Lipinski definition) is 3. The third kappa shape index (κ3) is 4.57. The molecule has 2 amide bonds. The lowest BCUT2D eigenvalue weighted by atomic mass is 10.1. The normalized spacial score (nSPS) is 13.7. The van der Waals surface area contributed by atoms with Crippen molar-refractivity contribution < 1.29 is 14.7 Å². The van der Waals surface area contributed by atoms with Crippen LogP contribution >= 0.6 is 0 Å². The Morgan fingerprint density at radius 1 is 1.21 bits per heavy atom. The molecule has 0 saturated carbocycles. The first-order valence-corrected chi connectivity index (χ1v) is 6.12. The Bertz CT molecular complexity index is 434. The van der Waals surface area contributed by atoms with Gasteiger partial charge in [0.05, 0.1) is 11.7 Å². The molecule has 0 aliphatic heterocycles. The summed E-state index contributed by atoms with van der Waals surface area (Å²) >= 11 is 0. The summed E-state index contributed by atoms with van der Waals surface area (Å²) in [5, 5.41) is 14.1. The molecule has 1 aromatic rings. The highest BCUT2D eigenvalue weighted by atomic mass is 16.4. The number of rotatable bonds is 5. The Kier molecular flexibility index (Phi) is 5.29. The highest BCUT2D eigenvalue weighted by Crippen LogP contribution is 2.08. The van der Waals surface area contributed by atoms with E-state index in [1.54, 1.807) is 39.1 Å². The summed E-state index contributed by atoms with van der Waals surface area (Å²) in [6.07, 6.45) is 1.64. The summed E-state index contributed by atoms with van der Waals surface area (Å²) in [7, 11) is 0. The van der Waals surface area contributed by atoms with E-state index in [9.17, 15) is 9.59 Å². The van der Waals surface area contributed by atoms with Crippen molar-refractivity contribution in [2.75, 3.05) is 0 Å². The zero-order valence-corrected chi connectivity index (χ0v) is 11.3. The van der Waals surface area contributed by atoms with Gasteiger partial charge in [0.15, 0.2) is 0 Å². The highest BCUT2D eigenvalue weighted by Gasteiger charge is 2.24. The van der Waals surface area contributed by atoms with Crippen LogP contribution in [0.1, 0.15) is 32.5 Å². The minimum Gasteiger partial charge on any atom is -0.480 e. The molecule has 1 rings (SSSR count). The number of urea groups is 1. The number of carboxylic acids is 1. The molecule has 0 aliphatic carbocycles. The van der Waals surface area contributed by atoms with Crippen LogP contribution in [0.25, 0.3) is 0 Å². The maximum atomic E-state index is 11.7. The maximum Gasteiger partial charge on any atom is 0.326 e. The van der Waals surface area contributed by atoms with Crippen LogP contribution in [0, 0.1) is 5.92 Å². The fourth-order valence-corrected chi connectivity index (χ4v) is 1.60. The molecular formula is C13H19N3O3. The topological polar surface area (TPSA) is 91.3 Å². The molecule has 6 heteroatoms. The third-order valence-corrected chi connectivity index (χ3v) is 2.70. The monoisotopic (exact) mass is 265 g/mol. The van der Waals surface area contributed by atoms with Crippen LogP contribution < -0.4 is 10.6 Å². The lowest BCUT2D eigenvalue weighted by molar-refractivity contribution is -0.140. The first kappa shape index (κ1) is 14.9. The molecule has 0 spiro atoms. The average molecular weight is 265 g/mol. The molecule has 0 fully saturated rings. The quantitative estimate of drug-likeness (QED) is 0.753. The Morgan fingerprint density at radius 3 is 2.37 bits per heavy atom. The molecule has 0 aromatic carbocycles. The molecule has 19 heavy (non-hydrogen) atoms. The van der Waals surface area contributed by atoms with Crippen LogP contribution in [0.3, 0.4) is 0 Å². The molecule has 0 bridgehead atoms. The summed E-state index contributed by atoms with van der Waals surface area (Å²) in [5.74, 6) is -1.23. The van der Waals surface area contributed by atoms with Gasteiger partial charge in [0.1, 0.15) is 6.04 Å². The van der Waals surface area contributed by atoms with Crippen molar-refractivity contribution in [2.45, 2.75) is 32.9 Å². The smallest absolute Gasteiger partial charge is 0.326 e. The molecule has 1 aromatic heterocycles. The standard InChI is InChI=1S/C13H19N3O3/c1-8(2)11(12(17)18)16-13(19)15-9(3)10-6-4-5-7-14-10/h4-9,11H,1-3H3,(H,17,18)(H2,15,16,19)/t9?,11-/m1/s1. The van der Waals surface area contributed by atoms with Gasteiger partial charge in [-0.3, -0.25) is 4.98 Å². The van der Waals surface area contributed by atoms with Crippen molar-refractivity contribution in [3.05, 3.63) is 30.1 Å². The first-order valence-electron chi connectivity index (χ1n) is 6.12. The molecular weight excluding hydrogens is 246 g/mol. The fourth-order valence-electron chi connectivity index (χ4n) is 1.60. The second-order valence-corrected chi connectivity index (χ2v) is 4.65. The molecule has 0 aliphatic rings. The van der Waals surface area contributed by atoms with Gasteiger partial charge in [-0.15, -0.1) is 0 Å². The third-order valence-electron chi connectivity index (χ3n) is 2.70. The Hall–Kier alpha value is -2.11. The van der Waals surface area contributed by atoms with Crippen LogP contribution in [0.5, 0.6) is 0 Å². The number of aliphatic carboxylic acids is 1. The number of nitrogens with zero attached hydrogens (tertiary/aromatic N) is 1. The van der Waals surface area contributed by atoms with Crippen molar-refractivity contribution in [3.63, 3.8) is 0 Å². The first-order chi connectivity index (χ1) is 8.91. The van der Waals surface area contributed by atoms with Gasteiger partial charge in [-0.1, -0.05) is 19.9 Å². The number of carbonyl (C=O) groups excluding carboxylic acids is 1. The summed E-state index contributed by atoms with van der Waals surface area (Å²) in [4.78, 5) is 26.8. The zero-order chi connectivity index (χ0) is 14.4. The van der Waals surface area contributed by atoms with E-state index in [0.717, 1.165) is 0 Å². The van der Waals surface area contributed by atoms with Gasteiger partial charge < -0.3 is 15.7 Å². The predicted molar refractivity (Wildman–Crippen MR) is 70.6 cm³/mol. The van der Waals surface area contributed by atoms with E-state index in [-0.39, 0.29) is 12.0 Å². The lowest BCUT2D eigenvalue weighted by Crippen LogP contribution is -2.49. The van der Waals surface area contributed by atoms with E-state index < -0.39 is 18.0 Å². The Labute approximate surface area is 112 Å². The Balaban J connectivity index is 2.58. The highest BCUT2D eigenvalue weighted by molar-refractivity contribution is 5.82. The van der Waals surface area contributed by atoms with Crippen molar-refractivity contribution in [3.8, 4) is 0 Å². The van der Waals surface area contributed by atoms with Crippen LogP contribution in [-0.2, 0) is 4.79 Å². The fraction of sp³-hybridized carbons (Fsp3) is 0.462. The summed E-state index contributed by atoms with van der Waals surface area (Å²) in [5.41, 5.74) is 0.717. The molecule has 1 unspecified atom stereocenters. The number of pyridine rings is 1. The molecule has 0 saturated heterocycles. The van der Waals surface area contributed by atoms with E-state index in [2.05, 4.69) is 15.6 Å². The molecule has 0 radical (unpaired) electrons. The number of nitrogens with one attached hydrogen (secondary N) is 2. The van der Waals surface area contributed by atoms with Gasteiger partial charge >= 0.3 is 12.0 Å². The number of carbonyl (C=O) groups is 2. The van der Waals surface area contributed by atoms with E-state index in [1.807, 2.05) is 6.07 Å². The van der Waals surface area contributed by atoms with Gasteiger partial charge in [0.2, 0.25) is 0 Å². The van der Waals surface area contributed by atoms with Crippen LogP contribution in [0.4, 0.5) is 4.79 Å². The number of hydrogen-bond donors (Lipinski definition) is 3. The largest absolute Gasteiger partial charge is 0.480 e. The van der Waals surface area contributed by atoms with Crippen molar-refractivity contribution in [2.24, 2.45) is 5.92 Å². The molecule has 2 atom stereocenters. The minimum atomic E-state index is -1.05. The molecule has 104 valence electrons. The summed E-state index contributed by atoms with van der Waals surface area (Å²) in [6, 6.07) is 3.70. The molecule has 6 nitrogen and oxygen atoms in total. The lowest BCUT2D eigenvalue weighted by Gasteiger charge is -2.20. The van der Waals surface area contributed by atoms with E-state index >= 15 is 0 Å². The van der Waals surface area contributed by atoms with Crippen molar-refractivity contribution >= 4 is 12.0 Å². The van der Waals surface area contributed by atoms with Gasteiger partial charge in [-0.2, -0.15) is 0 Å². The van der Waals surface area contributed by atoms with Gasteiger partial charge in [-0.25, -0.2) is 9.59 Å². The van der Waals surface area contributed by atoms with E-state index in [4.69, 9.17) is 5.11 Å². The predicted octanol–water partition coefficient (Wildman–Crippen LogP) is 1.55. The minimum absolute atomic E-state index is 0.187. The van der Waals surface area contributed by atoms with Crippen LogP contribution in [-0.4, -0.2) is 28.1 Å². The molecule has 3 N–H and O–H groups in total. The van der Waals surface area contributed by atoms with Gasteiger partial charge in [0.25, 0.3) is 0 Å². The number of amides is 2. The zero-order valence-electron chi connectivity index (χ0n) is 11.3. The Morgan fingerprint density at radius 2 is 1.89 bits per heavy atom. The van der Waals surface area contributed by atoms with Crippen LogP contribution in [0.15, 0.2) is 24.4 Å². The summed E-state index contributed by atoms with van der Waals surface area (Å²) < 4.78 is 0. The van der Waals surface area contributed by atoms with Gasteiger partial charge in [-0.05, 0) is 25.0 Å². The van der Waals surface area contributed by atoms with E-state index in [0.29, 0.717) is 5.69 Å². The van der Waals surface area contributed by atoms with Crippen molar-refractivity contribution in [1.82, 2.24) is 15.6 Å². The van der Waals surface area contributed by atoms with Crippen molar-refractivity contribution in [1.29, 1.82) is 0 Å². The second-order valence-electron chi connectivity index (χ2n) is 4.65. The number of aromatic nitrogens is 1. The number of carboxylic acid groups (broad SMARTS) is 1. The average Bonchev–Trinajstić information content (AvgIpc) is 2.36.